The predicted molar refractivity (Wildman–Crippen MR) is 182 cm³/mol. The van der Waals surface area contributed by atoms with E-state index in [0.29, 0.717) is 11.1 Å². The molecule has 0 radical (unpaired) electrons. The van der Waals surface area contributed by atoms with Crippen LogP contribution in [0, 0.1) is 63.1 Å². The van der Waals surface area contributed by atoms with Crippen LogP contribution in [0.1, 0.15) is 43.0 Å². The van der Waals surface area contributed by atoms with Crippen LogP contribution >= 0.6 is 0 Å². The molecule has 6 aromatic carbocycles. The summed E-state index contributed by atoms with van der Waals surface area (Å²) in [5, 5.41) is 4.66. The van der Waals surface area contributed by atoms with Crippen molar-refractivity contribution >= 4 is 23.2 Å². The number of carbonyl (C=O) groups is 2. The van der Waals surface area contributed by atoms with Gasteiger partial charge in [-0.3, -0.25) is 18.4 Å². The van der Waals surface area contributed by atoms with E-state index in [1.807, 2.05) is 88.4 Å². The molecule has 0 saturated heterocycles. The predicted octanol–water partition coefficient (Wildman–Crippen LogP) is 10.1. The monoisotopic (exact) mass is 698 g/mol. The first-order chi connectivity index (χ1) is 22.9. The summed E-state index contributed by atoms with van der Waals surface area (Å²) in [6, 6.07) is 38.1. The normalized spacial score (nSPS) is 9.63. The van der Waals surface area contributed by atoms with Crippen molar-refractivity contribution in [1.29, 1.82) is 0 Å². The maximum atomic E-state index is 13.4. The molecule has 4 nitrogen and oxygen atoms in total. The van der Waals surface area contributed by atoms with Crippen molar-refractivity contribution in [2.45, 2.75) is 27.7 Å². The second kappa shape index (κ2) is 20.3. The fraction of sp³-hybridized carbons (Fsp3) is 0.100. The molecule has 6 rings (SSSR count). The van der Waals surface area contributed by atoms with Gasteiger partial charge >= 0.3 is 21.7 Å². The van der Waals surface area contributed by atoms with Gasteiger partial charge in [0.2, 0.25) is 11.8 Å². The number of hydrogen-bond donors (Lipinski definition) is 2. The number of carbonyl (C=O) groups excluding carboxylic acids is 2. The van der Waals surface area contributed by atoms with Gasteiger partial charge in [-0.1, -0.05) is 12.1 Å². The van der Waals surface area contributed by atoms with Crippen LogP contribution in [-0.2, 0) is 21.7 Å². The summed E-state index contributed by atoms with van der Waals surface area (Å²) >= 11 is 0. The summed E-state index contributed by atoms with van der Waals surface area (Å²) in [6.45, 7) is 7.61. The van der Waals surface area contributed by atoms with E-state index in [-0.39, 0.29) is 33.1 Å². The Hall–Kier alpha value is -5.05. The second-order valence-corrected chi connectivity index (χ2v) is 10.5. The summed E-state index contributed by atoms with van der Waals surface area (Å²) in [7, 11) is 0. The molecule has 2 N–H and O–H groups in total. The van der Waals surface area contributed by atoms with Crippen molar-refractivity contribution in [2.75, 3.05) is 10.6 Å². The summed E-state index contributed by atoms with van der Waals surface area (Å²) in [4.78, 5) is 23.9. The largest absolute Gasteiger partial charge is 4.00 e. The Bertz CT molecular complexity index is 1730. The van der Waals surface area contributed by atoms with E-state index in [2.05, 4.69) is 22.8 Å². The van der Waals surface area contributed by atoms with Gasteiger partial charge in [0, 0.05) is 34.4 Å². The number of hydrogen-bond acceptors (Lipinski definition) is 2. The fourth-order valence-electron chi connectivity index (χ4n) is 3.88. The number of nitrogens with one attached hydrogen (secondary N) is 2. The SMILES string of the molecule is Cc1ccc(C(=O)Nc2cc(F)c[c-]c2F)cc1C.Cc1ccc(C(=O)Nc2cc(F)c[c-]c2F)cc1C.[Ti+4].c1cc[cH-]c1.c1cc[cH-]c1. The van der Waals surface area contributed by atoms with Crippen molar-refractivity contribution in [2.24, 2.45) is 0 Å². The summed E-state index contributed by atoms with van der Waals surface area (Å²) in [6.07, 6.45) is 0. The Kier molecular flexibility index (Phi) is 16.7. The van der Waals surface area contributed by atoms with Crippen LogP contribution in [0.4, 0.5) is 28.9 Å². The van der Waals surface area contributed by atoms with Gasteiger partial charge in [0.1, 0.15) is 0 Å². The van der Waals surface area contributed by atoms with Crippen LogP contribution in [0.25, 0.3) is 0 Å². The molecule has 248 valence electrons. The van der Waals surface area contributed by atoms with Gasteiger partial charge in [-0.05, 0) is 85.6 Å². The third-order valence-electron chi connectivity index (χ3n) is 6.86. The Morgan fingerprint density at radius 2 is 0.898 bits per heavy atom. The van der Waals surface area contributed by atoms with Crippen molar-refractivity contribution in [1.82, 2.24) is 0 Å². The van der Waals surface area contributed by atoms with Crippen LogP contribution in [0.5, 0.6) is 0 Å². The minimum absolute atomic E-state index is 0. The van der Waals surface area contributed by atoms with Crippen LogP contribution in [0.15, 0.2) is 121 Å². The fourth-order valence-corrected chi connectivity index (χ4v) is 3.88. The molecule has 0 aliphatic heterocycles. The van der Waals surface area contributed by atoms with Gasteiger partial charge in [-0.2, -0.15) is 36.4 Å². The van der Waals surface area contributed by atoms with Gasteiger partial charge in [0.15, 0.2) is 0 Å². The number of benzene rings is 4. The molecule has 0 unspecified atom stereocenters. The van der Waals surface area contributed by atoms with E-state index < -0.39 is 35.1 Å². The Morgan fingerprint density at radius 3 is 1.18 bits per heavy atom. The van der Waals surface area contributed by atoms with Gasteiger partial charge in [0.05, 0.1) is 0 Å². The molecule has 0 fully saturated rings. The molecule has 0 aromatic heterocycles. The average molecular weight is 699 g/mol. The van der Waals surface area contributed by atoms with Crippen LogP contribution in [0.3, 0.4) is 0 Å². The molecule has 0 atom stereocenters. The number of amides is 2. The zero-order valence-corrected chi connectivity index (χ0v) is 28.9. The molecular weight excluding hydrogens is 664 g/mol. The van der Waals surface area contributed by atoms with Crippen LogP contribution in [-0.4, -0.2) is 11.8 Å². The van der Waals surface area contributed by atoms with E-state index >= 15 is 0 Å². The quantitative estimate of drug-likeness (QED) is 0.109. The topological polar surface area (TPSA) is 58.2 Å². The van der Waals surface area contributed by atoms with Crippen molar-refractivity contribution in [3.05, 3.63) is 190 Å². The molecule has 0 heterocycles. The van der Waals surface area contributed by atoms with Crippen molar-refractivity contribution < 1.29 is 48.9 Å². The van der Waals surface area contributed by atoms with E-state index in [0.717, 1.165) is 46.5 Å². The average Bonchev–Trinajstić information content (AvgIpc) is 3.84. The maximum absolute atomic E-state index is 13.4. The standard InChI is InChI=1S/2C15H12F2NO.2C5H5.Ti/c2*1-9-3-4-11(7-10(9)2)15(19)18-14-8-12(16)5-6-13(14)17;2*1-2-4-5-3-1;/h2*3-5,7-8H,1-2H3,(H,18,19);2*1-5H;/q4*-1;+4. The maximum Gasteiger partial charge on any atom is 4.00 e. The molecule has 0 spiro atoms. The van der Waals surface area contributed by atoms with E-state index in [9.17, 15) is 27.2 Å². The molecule has 49 heavy (non-hydrogen) atoms. The third kappa shape index (κ3) is 13.5. The van der Waals surface area contributed by atoms with Crippen LogP contribution < -0.4 is 10.6 Å². The molecule has 0 aliphatic carbocycles. The Labute approximate surface area is 299 Å². The van der Waals surface area contributed by atoms with Crippen molar-refractivity contribution in [3.8, 4) is 0 Å². The summed E-state index contributed by atoms with van der Waals surface area (Å²) < 4.78 is 52.6. The zero-order valence-electron chi connectivity index (χ0n) is 27.4. The number of anilines is 2. The smallest absolute Gasteiger partial charge is 0.373 e. The first-order valence-corrected chi connectivity index (χ1v) is 14.8. The molecule has 0 saturated carbocycles. The van der Waals surface area contributed by atoms with Gasteiger partial charge in [-0.15, -0.1) is 36.4 Å². The van der Waals surface area contributed by atoms with E-state index in [4.69, 9.17) is 0 Å². The first-order valence-electron chi connectivity index (χ1n) is 14.8. The minimum atomic E-state index is -0.793. The molecule has 0 aliphatic rings. The molecule has 2 amide bonds. The summed E-state index contributed by atoms with van der Waals surface area (Å²) in [5.74, 6) is -3.87. The van der Waals surface area contributed by atoms with E-state index in [1.165, 1.54) is 0 Å². The third-order valence-corrected chi connectivity index (χ3v) is 6.86. The molecule has 0 bridgehead atoms. The second-order valence-electron chi connectivity index (χ2n) is 10.5. The Morgan fingerprint density at radius 1 is 0.551 bits per heavy atom. The number of aryl methyl sites for hydroxylation is 4. The first kappa shape index (κ1) is 40.1. The summed E-state index contributed by atoms with van der Waals surface area (Å²) in [5.41, 5.74) is 4.38. The minimum Gasteiger partial charge on any atom is -0.373 e. The molecule has 6 aromatic rings. The zero-order chi connectivity index (χ0) is 35.1. The molecule has 9 heteroatoms. The van der Waals surface area contributed by atoms with E-state index in [1.54, 1.807) is 36.4 Å². The number of halogens is 4. The number of rotatable bonds is 4. The Balaban J connectivity index is 0.000000260. The van der Waals surface area contributed by atoms with Gasteiger partial charge in [-0.25, -0.2) is 33.0 Å². The van der Waals surface area contributed by atoms with Gasteiger partial charge < -0.3 is 10.6 Å². The van der Waals surface area contributed by atoms with Crippen LogP contribution in [0.2, 0.25) is 0 Å². The molecular formula is C40H34F4N2O2Ti. The van der Waals surface area contributed by atoms with Gasteiger partial charge in [0.25, 0.3) is 0 Å². The van der Waals surface area contributed by atoms with Crippen molar-refractivity contribution in [3.63, 3.8) is 0 Å².